The van der Waals surface area contributed by atoms with Gasteiger partial charge in [-0.3, -0.25) is 14.4 Å². The highest BCUT2D eigenvalue weighted by Gasteiger charge is 2.66. The van der Waals surface area contributed by atoms with Crippen molar-refractivity contribution >= 4 is 17.5 Å². The Bertz CT molecular complexity index is 854. The predicted octanol–water partition coefficient (Wildman–Crippen LogP) is 1.99. The third kappa shape index (κ3) is 6.02. The Labute approximate surface area is 206 Å². The number of carboxylic acids is 1. The largest absolute Gasteiger partial charge is 0.481 e. The lowest BCUT2D eigenvalue weighted by Crippen LogP contribution is -2.63. The number of allylic oxidation sites excluding steroid dienone is 2. The number of carbonyl (C=O) groups is 3. The van der Waals surface area contributed by atoms with Gasteiger partial charge in [0.25, 0.3) is 0 Å². The number of carbonyl (C=O) groups excluding carboxylic acids is 2. The van der Waals surface area contributed by atoms with Gasteiger partial charge in [-0.05, 0) is 25.7 Å². The summed E-state index contributed by atoms with van der Waals surface area (Å²) in [4.78, 5) is 36.1. The molecule has 2 bridgehead atoms. The normalized spacial score (nSPS) is 32.7. The summed E-state index contributed by atoms with van der Waals surface area (Å²) in [5.74, 6) is -4.29. The summed E-state index contributed by atoms with van der Waals surface area (Å²) in [6.45, 7) is 2.25. The summed E-state index contributed by atoms with van der Waals surface area (Å²) in [5, 5.41) is 44.3. The van der Waals surface area contributed by atoms with Gasteiger partial charge in [0.05, 0.1) is 12.2 Å². The number of rotatable bonds is 14. The quantitative estimate of drug-likeness (QED) is 0.181. The minimum absolute atomic E-state index is 0.0708. The van der Waals surface area contributed by atoms with E-state index >= 15 is 0 Å². The van der Waals surface area contributed by atoms with Crippen molar-refractivity contribution in [1.82, 2.24) is 5.32 Å². The van der Waals surface area contributed by atoms with E-state index in [0.717, 1.165) is 25.7 Å². The molecule has 5 N–H and O–H groups in total. The fourth-order valence-electron chi connectivity index (χ4n) is 5.80. The highest BCUT2D eigenvalue weighted by atomic mass is 16.6. The van der Waals surface area contributed by atoms with Crippen LogP contribution in [0, 0.1) is 11.3 Å². The van der Waals surface area contributed by atoms with Crippen LogP contribution < -0.4 is 5.32 Å². The number of unbranched alkanes of at least 4 members (excludes halogenated alkanes) is 4. The lowest BCUT2D eigenvalue weighted by Gasteiger charge is -2.54. The maximum atomic E-state index is 12.9. The fraction of sp³-hybridized carbons (Fsp3) is 0.731. The molecular weight excluding hydrogens is 454 g/mol. The van der Waals surface area contributed by atoms with Crippen LogP contribution in [0.25, 0.3) is 0 Å². The molecule has 2 fully saturated rings. The number of aliphatic hydroxyl groups is 3. The maximum Gasteiger partial charge on any atom is 0.303 e. The number of aliphatic carboxylic acids is 1. The van der Waals surface area contributed by atoms with Crippen molar-refractivity contribution in [1.29, 1.82) is 0 Å². The first-order valence-corrected chi connectivity index (χ1v) is 12.8. The molecule has 9 nitrogen and oxygen atoms in total. The van der Waals surface area contributed by atoms with Gasteiger partial charge in [-0.25, -0.2) is 0 Å². The van der Waals surface area contributed by atoms with Gasteiger partial charge >= 0.3 is 5.97 Å². The number of β-amino-alcohol motifs (C(OH)–C–C–N with tert-alkyl or cyclic N) is 1. The molecule has 1 spiro atoms. The molecule has 2 saturated heterocycles. The molecule has 0 aromatic carbocycles. The minimum Gasteiger partial charge on any atom is -0.481 e. The van der Waals surface area contributed by atoms with Crippen molar-refractivity contribution in [2.24, 2.45) is 11.3 Å². The molecular formula is C26H39NO8. The Morgan fingerprint density at radius 2 is 1.94 bits per heavy atom. The number of fused-ring (bicyclic) bond motifs is 1. The molecule has 2 aliphatic heterocycles. The van der Waals surface area contributed by atoms with Crippen molar-refractivity contribution in [3.05, 3.63) is 23.9 Å². The van der Waals surface area contributed by atoms with E-state index < -0.39 is 47.0 Å². The van der Waals surface area contributed by atoms with Gasteiger partial charge < -0.3 is 30.5 Å². The minimum atomic E-state index is -2.10. The number of ether oxygens (including phenoxy) is 1. The number of hydrogen-bond acceptors (Lipinski definition) is 8. The average Bonchev–Trinajstić information content (AvgIpc) is 3.10. The van der Waals surface area contributed by atoms with E-state index in [2.05, 4.69) is 5.32 Å². The lowest BCUT2D eigenvalue weighted by atomic mass is 9.58. The van der Waals surface area contributed by atoms with Crippen LogP contribution in [-0.2, 0) is 19.1 Å². The smallest absolute Gasteiger partial charge is 0.303 e. The molecule has 0 saturated carbocycles. The zero-order valence-corrected chi connectivity index (χ0v) is 20.4. The van der Waals surface area contributed by atoms with Crippen molar-refractivity contribution in [3.8, 4) is 0 Å². The zero-order valence-electron chi connectivity index (χ0n) is 20.4. The second kappa shape index (κ2) is 11.8. The molecule has 0 aromatic heterocycles. The summed E-state index contributed by atoms with van der Waals surface area (Å²) in [7, 11) is 0. The third-order valence-corrected chi connectivity index (χ3v) is 7.67. The summed E-state index contributed by atoms with van der Waals surface area (Å²) in [5.41, 5.74) is -0.344. The Kier molecular flexibility index (Phi) is 9.26. The van der Waals surface area contributed by atoms with E-state index in [4.69, 9.17) is 9.84 Å². The van der Waals surface area contributed by atoms with Crippen molar-refractivity contribution < 1.29 is 39.5 Å². The topological polar surface area (TPSA) is 153 Å². The fourth-order valence-corrected chi connectivity index (χ4v) is 5.80. The molecule has 9 heteroatoms. The Hall–Kier alpha value is -2.07. The van der Waals surface area contributed by atoms with Crippen LogP contribution in [0.4, 0.5) is 0 Å². The lowest BCUT2D eigenvalue weighted by molar-refractivity contribution is -0.286. The number of aliphatic hydroxyl groups excluding tert-OH is 2. The summed E-state index contributed by atoms with van der Waals surface area (Å²) in [6.07, 6.45) is 7.61. The number of nitrogens with one attached hydrogen (secondary N) is 1. The number of carboxylic acid groups (broad SMARTS) is 1. The summed E-state index contributed by atoms with van der Waals surface area (Å²) >= 11 is 0. The second-order valence-corrected chi connectivity index (χ2v) is 10.1. The predicted molar refractivity (Wildman–Crippen MR) is 127 cm³/mol. The van der Waals surface area contributed by atoms with E-state index in [1.54, 1.807) is 0 Å². The molecule has 2 heterocycles. The van der Waals surface area contributed by atoms with Gasteiger partial charge in [0, 0.05) is 48.9 Å². The van der Waals surface area contributed by atoms with Gasteiger partial charge in [0.1, 0.15) is 6.10 Å². The molecule has 6 atom stereocenters. The van der Waals surface area contributed by atoms with Gasteiger partial charge in [-0.15, -0.1) is 0 Å². The Morgan fingerprint density at radius 1 is 1.23 bits per heavy atom. The molecule has 196 valence electrons. The summed E-state index contributed by atoms with van der Waals surface area (Å²) in [6, 6.07) is 0. The molecule has 35 heavy (non-hydrogen) atoms. The third-order valence-electron chi connectivity index (χ3n) is 7.67. The van der Waals surface area contributed by atoms with Crippen LogP contribution in [-0.4, -0.2) is 68.6 Å². The Morgan fingerprint density at radius 3 is 2.66 bits per heavy atom. The van der Waals surface area contributed by atoms with Crippen LogP contribution in [0.15, 0.2) is 23.9 Å². The van der Waals surface area contributed by atoms with E-state index in [1.165, 1.54) is 6.08 Å². The molecule has 3 aliphatic rings. The first-order chi connectivity index (χ1) is 16.6. The van der Waals surface area contributed by atoms with Crippen LogP contribution in [0.1, 0.15) is 77.6 Å². The van der Waals surface area contributed by atoms with Crippen molar-refractivity contribution in [2.75, 3.05) is 6.54 Å². The molecule has 3 rings (SSSR count). The van der Waals surface area contributed by atoms with Crippen LogP contribution >= 0.6 is 0 Å². The molecule has 1 aliphatic carbocycles. The molecule has 6 unspecified atom stereocenters. The van der Waals surface area contributed by atoms with Gasteiger partial charge in [-0.2, -0.15) is 0 Å². The van der Waals surface area contributed by atoms with E-state index in [9.17, 15) is 29.7 Å². The second-order valence-electron chi connectivity index (χ2n) is 10.1. The number of Topliss-reactive ketones (excluding diaryl/α,β-unsaturated/α-hetero) is 1. The van der Waals surface area contributed by atoms with E-state index in [0.29, 0.717) is 25.0 Å². The molecule has 0 amide bonds. The molecule has 0 aromatic rings. The van der Waals surface area contributed by atoms with E-state index in [-0.39, 0.29) is 38.1 Å². The maximum absolute atomic E-state index is 12.9. The first kappa shape index (κ1) is 27.5. The van der Waals surface area contributed by atoms with Crippen LogP contribution in [0.2, 0.25) is 0 Å². The average molecular weight is 494 g/mol. The first-order valence-electron chi connectivity index (χ1n) is 12.8. The van der Waals surface area contributed by atoms with Crippen molar-refractivity contribution in [2.45, 2.75) is 102 Å². The van der Waals surface area contributed by atoms with Crippen LogP contribution in [0.3, 0.4) is 0 Å². The van der Waals surface area contributed by atoms with Crippen LogP contribution in [0.5, 0.6) is 0 Å². The van der Waals surface area contributed by atoms with Gasteiger partial charge in [0.2, 0.25) is 11.6 Å². The monoisotopic (exact) mass is 493 g/mol. The summed E-state index contributed by atoms with van der Waals surface area (Å²) < 4.78 is 5.87. The highest BCUT2D eigenvalue weighted by Crippen LogP contribution is 2.57. The van der Waals surface area contributed by atoms with Gasteiger partial charge in [-0.1, -0.05) is 44.8 Å². The molecule has 0 radical (unpaired) electrons. The standard InChI is InChI=1S/C26H39NO8/c1-2-3-7-10-17-20(13-19(29)18(28)11-8-5-4-6-9-12-24(32)33)35-26(34)16-25(17)21(14-22(26)30)27-15-23(25)31/h3,7,14,17-18,20,23,27-28,31,34H,2,4-6,8-13,15-16H2,1H3,(H,32,33)/b7-3+. The van der Waals surface area contributed by atoms with Crippen molar-refractivity contribution in [3.63, 3.8) is 0 Å². The highest BCUT2D eigenvalue weighted by molar-refractivity contribution is 5.98. The van der Waals surface area contributed by atoms with Gasteiger partial charge in [0.15, 0.2) is 5.78 Å². The Balaban J connectivity index is 1.66. The SMILES string of the molecule is CC/C=C/CC1C(CC(=O)C(O)CCCCCCCC(=O)O)OC2(O)CC13C(=CC2=O)NCC3O. The number of ketones is 2. The van der Waals surface area contributed by atoms with E-state index in [1.807, 2.05) is 19.1 Å². The number of hydrogen-bond donors (Lipinski definition) is 5. The zero-order chi connectivity index (χ0) is 25.6.